The van der Waals surface area contributed by atoms with Gasteiger partial charge in [-0.3, -0.25) is 9.78 Å². The first-order valence-corrected chi connectivity index (χ1v) is 6.26. The van der Waals surface area contributed by atoms with Crippen molar-refractivity contribution in [3.05, 3.63) is 52.7 Å². The molecule has 20 heavy (non-hydrogen) atoms. The number of hydrogen-bond acceptors (Lipinski definition) is 5. The Bertz CT molecular complexity index is 608. The Hall–Kier alpha value is -2.34. The number of nitrogens with one attached hydrogen (secondary N) is 1. The average Bonchev–Trinajstić information content (AvgIpc) is 2.46. The highest BCUT2D eigenvalue weighted by molar-refractivity contribution is 5.40. The van der Waals surface area contributed by atoms with E-state index in [1.54, 1.807) is 36.1 Å². The fourth-order valence-electron chi connectivity index (χ4n) is 1.71. The summed E-state index contributed by atoms with van der Waals surface area (Å²) in [6.07, 6.45) is 3.15. The monoisotopic (exact) mass is 275 g/mol. The van der Waals surface area contributed by atoms with Crippen molar-refractivity contribution in [3.8, 4) is 5.75 Å². The molecule has 2 aromatic rings. The Morgan fingerprint density at radius 2 is 2.20 bits per heavy atom. The lowest BCUT2D eigenvalue weighted by Gasteiger charge is -2.09. The summed E-state index contributed by atoms with van der Waals surface area (Å²) in [6, 6.07) is 6.57. The van der Waals surface area contributed by atoms with Crippen molar-refractivity contribution >= 4 is 5.69 Å². The summed E-state index contributed by atoms with van der Waals surface area (Å²) in [6.45, 7) is 1.52. The van der Waals surface area contributed by atoms with Gasteiger partial charge in [-0.1, -0.05) is 0 Å². The number of pyridine rings is 2. The van der Waals surface area contributed by atoms with Crippen molar-refractivity contribution in [2.24, 2.45) is 0 Å². The highest BCUT2D eigenvalue weighted by atomic mass is 16.5. The Morgan fingerprint density at radius 1 is 1.35 bits per heavy atom. The van der Waals surface area contributed by atoms with Crippen LogP contribution in [-0.2, 0) is 17.8 Å². The Balaban J connectivity index is 2.02. The van der Waals surface area contributed by atoms with Gasteiger partial charge in [0, 0.05) is 25.9 Å². The fourth-order valence-corrected chi connectivity index (χ4v) is 1.71. The van der Waals surface area contributed by atoms with Gasteiger partial charge in [-0.15, -0.1) is 0 Å². The van der Waals surface area contributed by atoms with E-state index in [0.29, 0.717) is 19.7 Å². The number of ether oxygens (including phenoxy) is 1. The van der Waals surface area contributed by atoms with Crippen molar-refractivity contribution < 1.29 is 9.84 Å². The van der Waals surface area contributed by atoms with Crippen LogP contribution in [0.25, 0.3) is 0 Å². The van der Waals surface area contributed by atoms with Crippen LogP contribution in [0.3, 0.4) is 0 Å². The van der Waals surface area contributed by atoms with Crippen molar-refractivity contribution in [2.75, 3.05) is 19.0 Å². The highest BCUT2D eigenvalue weighted by Crippen LogP contribution is 2.09. The zero-order valence-electron chi connectivity index (χ0n) is 11.2. The summed E-state index contributed by atoms with van der Waals surface area (Å²) in [5.74, 6) is 0.141. The topological polar surface area (TPSA) is 76.4 Å². The predicted molar refractivity (Wildman–Crippen MR) is 75.8 cm³/mol. The number of hydrogen-bond donors (Lipinski definition) is 2. The molecule has 6 nitrogen and oxygen atoms in total. The highest BCUT2D eigenvalue weighted by Gasteiger charge is 2.00. The number of anilines is 1. The summed E-state index contributed by atoms with van der Waals surface area (Å²) in [4.78, 5) is 15.7. The molecule has 0 amide bonds. The van der Waals surface area contributed by atoms with Crippen LogP contribution in [0.4, 0.5) is 5.69 Å². The second kappa shape index (κ2) is 6.72. The molecule has 0 aliphatic carbocycles. The van der Waals surface area contributed by atoms with E-state index in [4.69, 9.17) is 9.84 Å². The maximum absolute atomic E-state index is 11.6. The predicted octanol–water partition coefficient (Wildman–Crippen LogP) is 1.21. The number of aromatic hydroxyl groups is 1. The van der Waals surface area contributed by atoms with Gasteiger partial charge in [0.15, 0.2) is 0 Å². The Kier molecular flexibility index (Phi) is 4.73. The van der Waals surface area contributed by atoms with E-state index in [2.05, 4.69) is 10.3 Å². The standard InChI is InChI=1S/C14H17N3O3/c1-20-7-6-17-10-12(3-5-14(17)19)15-8-11-2-4-13(18)9-16-11/h2-5,9-10,15,18H,6-8H2,1H3. The first-order valence-electron chi connectivity index (χ1n) is 6.26. The lowest BCUT2D eigenvalue weighted by molar-refractivity contribution is 0.186. The third-order valence-electron chi connectivity index (χ3n) is 2.80. The van der Waals surface area contributed by atoms with Gasteiger partial charge < -0.3 is 19.7 Å². The van der Waals surface area contributed by atoms with Gasteiger partial charge in [0.1, 0.15) is 5.75 Å². The zero-order chi connectivity index (χ0) is 14.4. The van der Waals surface area contributed by atoms with Crippen LogP contribution in [0, 0.1) is 0 Å². The van der Waals surface area contributed by atoms with Crippen LogP contribution >= 0.6 is 0 Å². The molecular weight excluding hydrogens is 258 g/mol. The Morgan fingerprint density at radius 3 is 2.90 bits per heavy atom. The van der Waals surface area contributed by atoms with E-state index in [-0.39, 0.29) is 11.3 Å². The molecular formula is C14H17N3O3. The molecule has 106 valence electrons. The first-order chi connectivity index (χ1) is 9.69. The maximum Gasteiger partial charge on any atom is 0.250 e. The normalized spacial score (nSPS) is 10.4. The molecule has 0 aromatic carbocycles. The summed E-state index contributed by atoms with van der Waals surface area (Å²) >= 11 is 0. The van der Waals surface area contributed by atoms with Gasteiger partial charge in [-0.05, 0) is 18.2 Å². The molecule has 0 atom stereocenters. The van der Waals surface area contributed by atoms with Crippen molar-refractivity contribution in [2.45, 2.75) is 13.1 Å². The first kappa shape index (κ1) is 14.1. The van der Waals surface area contributed by atoms with Crippen LogP contribution < -0.4 is 10.9 Å². The second-order valence-electron chi connectivity index (χ2n) is 4.30. The van der Waals surface area contributed by atoms with Crippen LogP contribution in [0.15, 0.2) is 41.5 Å². The Labute approximate surface area is 116 Å². The van der Waals surface area contributed by atoms with Crippen molar-refractivity contribution in [1.29, 1.82) is 0 Å². The average molecular weight is 275 g/mol. The minimum absolute atomic E-state index is 0.0599. The van der Waals surface area contributed by atoms with E-state index in [9.17, 15) is 4.79 Å². The summed E-state index contributed by atoms with van der Waals surface area (Å²) < 4.78 is 6.56. The van der Waals surface area contributed by atoms with E-state index < -0.39 is 0 Å². The van der Waals surface area contributed by atoms with Crippen LogP contribution in [0.2, 0.25) is 0 Å². The molecule has 0 bridgehead atoms. The molecule has 2 aromatic heterocycles. The molecule has 0 unspecified atom stereocenters. The van der Waals surface area contributed by atoms with Gasteiger partial charge >= 0.3 is 0 Å². The van der Waals surface area contributed by atoms with Gasteiger partial charge in [-0.2, -0.15) is 0 Å². The van der Waals surface area contributed by atoms with Crippen LogP contribution in [0.5, 0.6) is 5.75 Å². The number of rotatable bonds is 6. The van der Waals surface area contributed by atoms with Gasteiger partial charge in [0.2, 0.25) is 0 Å². The zero-order valence-corrected chi connectivity index (χ0v) is 11.2. The third kappa shape index (κ3) is 3.83. The molecule has 0 spiro atoms. The molecule has 0 saturated heterocycles. The van der Waals surface area contributed by atoms with E-state index in [1.807, 2.05) is 0 Å². The van der Waals surface area contributed by atoms with Crippen molar-refractivity contribution in [1.82, 2.24) is 9.55 Å². The SMILES string of the molecule is COCCn1cc(NCc2ccc(O)cn2)ccc1=O. The van der Waals surface area contributed by atoms with E-state index in [1.165, 1.54) is 12.3 Å². The number of methoxy groups -OCH3 is 1. The molecule has 0 aliphatic heterocycles. The van der Waals surface area contributed by atoms with Gasteiger partial charge in [0.05, 0.1) is 30.7 Å². The molecule has 2 N–H and O–H groups in total. The molecule has 6 heteroatoms. The fraction of sp³-hybridized carbons (Fsp3) is 0.286. The van der Waals surface area contributed by atoms with Crippen molar-refractivity contribution in [3.63, 3.8) is 0 Å². The summed E-state index contributed by atoms with van der Waals surface area (Å²) in [5.41, 5.74) is 1.57. The lowest BCUT2D eigenvalue weighted by Crippen LogP contribution is -2.21. The van der Waals surface area contributed by atoms with Crippen LogP contribution in [0.1, 0.15) is 5.69 Å². The summed E-state index contributed by atoms with van der Waals surface area (Å²) in [5, 5.41) is 12.3. The second-order valence-corrected chi connectivity index (χ2v) is 4.30. The third-order valence-corrected chi connectivity index (χ3v) is 2.80. The molecule has 2 heterocycles. The van der Waals surface area contributed by atoms with E-state index in [0.717, 1.165) is 11.4 Å². The molecule has 0 aliphatic rings. The smallest absolute Gasteiger partial charge is 0.250 e. The van der Waals surface area contributed by atoms with Gasteiger partial charge in [-0.25, -0.2) is 0 Å². The van der Waals surface area contributed by atoms with Gasteiger partial charge in [0.25, 0.3) is 5.56 Å². The van der Waals surface area contributed by atoms with E-state index >= 15 is 0 Å². The molecule has 0 saturated carbocycles. The lowest BCUT2D eigenvalue weighted by atomic mass is 10.3. The molecule has 2 rings (SSSR count). The number of nitrogens with zero attached hydrogens (tertiary/aromatic N) is 2. The minimum atomic E-state index is -0.0599. The minimum Gasteiger partial charge on any atom is -0.506 e. The maximum atomic E-state index is 11.6. The summed E-state index contributed by atoms with van der Waals surface area (Å²) in [7, 11) is 1.60. The van der Waals surface area contributed by atoms with Crippen LogP contribution in [-0.4, -0.2) is 28.4 Å². The molecule has 0 fully saturated rings. The quantitative estimate of drug-likeness (QED) is 0.828. The number of aromatic nitrogens is 2. The largest absolute Gasteiger partial charge is 0.506 e. The molecule has 0 radical (unpaired) electrons.